The first-order chi connectivity index (χ1) is 12.0. The third kappa shape index (κ3) is 4.60. The number of aromatic nitrogens is 2. The smallest absolute Gasteiger partial charge is 0.249 e. The number of hydrogen-bond donors (Lipinski definition) is 1. The number of nitrogens with zero attached hydrogens (tertiary/aromatic N) is 2. The van der Waals surface area contributed by atoms with Crippen molar-refractivity contribution in [3.63, 3.8) is 0 Å². The van der Waals surface area contributed by atoms with E-state index in [0.717, 1.165) is 11.3 Å². The molecule has 0 radical (unpaired) electrons. The van der Waals surface area contributed by atoms with Gasteiger partial charge in [0.25, 0.3) is 0 Å². The summed E-state index contributed by atoms with van der Waals surface area (Å²) in [6, 6.07) is 12.8. The lowest BCUT2D eigenvalue weighted by molar-refractivity contribution is 0.515. The van der Waals surface area contributed by atoms with Gasteiger partial charge in [0.05, 0.1) is 27.8 Å². The molecule has 0 aliphatic carbocycles. The highest BCUT2D eigenvalue weighted by molar-refractivity contribution is 7.83. The normalized spacial score (nSPS) is 12.1. The first kappa shape index (κ1) is 17.9. The van der Waals surface area contributed by atoms with Crippen molar-refractivity contribution in [2.75, 3.05) is 11.6 Å². The SMILES string of the molecule is CS(=O)Cc1ccc(Cl)c(NCc2nnc(-c3ccccc3Cl)o2)c1. The van der Waals surface area contributed by atoms with Crippen LogP contribution in [-0.4, -0.2) is 20.7 Å². The third-order valence-electron chi connectivity index (χ3n) is 3.40. The molecule has 0 amide bonds. The van der Waals surface area contributed by atoms with E-state index in [4.69, 9.17) is 27.6 Å². The molecule has 1 atom stereocenters. The predicted octanol–water partition coefficient (Wildman–Crippen LogP) is 4.53. The molecule has 3 rings (SSSR count). The van der Waals surface area contributed by atoms with Gasteiger partial charge in [-0.05, 0) is 29.8 Å². The fraction of sp³-hybridized carbons (Fsp3) is 0.176. The van der Waals surface area contributed by atoms with Crippen LogP contribution in [-0.2, 0) is 23.1 Å². The van der Waals surface area contributed by atoms with Gasteiger partial charge in [-0.2, -0.15) is 0 Å². The Hall–Kier alpha value is -1.89. The summed E-state index contributed by atoms with van der Waals surface area (Å²) >= 11 is 12.3. The highest BCUT2D eigenvalue weighted by Gasteiger charge is 2.12. The van der Waals surface area contributed by atoms with E-state index in [1.165, 1.54) is 0 Å². The maximum Gasteiger partial charge on any atom is 0.249 e. The summed E-state index contributed by atoms with van der Waals surface area (Å²) in [5.41, 5.74) is 2.35. The minimum absolute atomic E-state index is 0.315. The third-order valence-corrected chi connectivity index (χ3v) is 4.80. The van der Waals surface area contributed by atoms with E-state index < -0.39 is 10.8 Å². The molecule has 8 heteroatoms. The van der Waals surface area contributed by atoms with Crippen LogP contribution in [0.2, 0.25) is 10.0 Å². The summed E-state index contributed by atoms with van der Waals surface area (Å²) in [6.45, 7) is 0.315. The van der Waals surface area contributed by atoms with E-state index >= 15 is 0 Å². The number of benzene rings is 2. The van der Waals surface area contributed by atoms with Crippen LogP contribution in [0.5, 0.6) is 0 Å². The van der Waals surface area contributed by atoms with Gasteiger partial charge in [-0.25, -0.2) is 0 Å². The van der Waals surface area contributed by atoms with Gasteiger partial charge in [-0.15, -0.1) is 10.2 Å². The maximum atomic E-state index is 11.4. The van der Waals surface area contributed by atoms with E-state index in [9.17, 15) is 4.21 Å². The first-order valence-corrected chi connectivity index (χ1v) is 9.91. The minimum Gasteiger partial charge on any atom is -0.419 e. The van der Waals surface area contributed by atoms with Crippen LogP contribution in [0.25, 0.3) is 11.5 Å². The van der Waals surface area contributed by atoms with Gasteiger partial charge in [0, 0.05) is 22.8 Å². The average Bonchev–Trinajstić information content (AvgIpc) is 3.04. The lowest BCUT2D eigenvalue weighted by Gasteiger charge is -2.08. The van der Waals surface area contributed by atoms with Gasteiger partial charge in [0.15, 0.2) is 0 Å². The molecule has 130 valence electrons. The topological polar surface area (TPSA) is 68.0 Å². The number of halogens is 2. The van der Waals surface area contributed by atoms with Crippen molar-refractivity contribution < 1.29 is 8.63 Å². The van der Waals surface area contributed by atoms with Gasteiger partial charge in [0.1, 0.15) is 0 Å². The Kier molecular flexibility index (Phi) is 5.73. The number of nitrogens with one attached hydrogen (secondary N) is 1. The summed E-state index contributed by atoms with van der Waals surface area (Å²) in [5.74, 6) is 1.25. The Bertz CT molecular complexity index is 914. The molecule has 0 saturated heterocycles. The molecule has 1 heterocycles. The Labute approximate surface area is 157 Å². The van der Waals surface area contributed by atoms with E-state index in [0.29, 0.717) is 39.7 Å². The summed E-state index contributed by atoms with van der Waals surface area (Å²) in [7, 11) is -0.916. The number of hydrogen-bond acceptors (Lipinski definition) is 5. The van der Waals surface area contributed by atoms with Gasteiger partial charge in [0.2, 0.25) is 11.8 Å². The van der Waals surface area contributed by atoms with Crippen molar-refractivity contribution in [1.29, 1.82) is 0 Å². The Morgan fingerprint density at radius 3 is 2.68 bits per heavy atom. The highest BCUT2D eigenvalue weighted by Crippen LogP contribution is 2.27. The lowest BCUT2D eigenvalue weighted by Crippen LogP contribution is -2.02. The van der Waals surface area contributed by atoms with E-state index in [-0.39, 0.29) is 0 Å². The minimum atomic E-state index is -0.916. The molecule has 0 spiro atoms. The summed E-state index contributed by atoms with van der Waals surface area (Å²) in [5, 5.41) is 12.3. The molecular weight excluding hydrogens is 381 g/mol. The molecule has 0 saturated carbocycles. The van der Waals surface area contributed by atoms with Crippen LogP contribution < -0.4 is 5.32 Å². The molecule has 25 heavy (non-hydrogen) atoms. The predicted molar refractivity (Wildman–Crippen MR) is 101 cm³/mol. The van der Waals surface area contributed by atoms with Crippen LogP contribution in [0.3, 0.4) is 0 Å². The van der Waals surface area contributed by atoms with Crippen molar-refractivity contribution in [3.8, 4) is 11.5 Å². The van der Waals surface area contributed by atoms with E-state index in [1.807, 2.05) is 30.3 Å². The van der Waals surface area contributed by atoms with Crippen LogP contribution >= 0.6 is 23.2 Å². The number of rotatable bonds is 6. The standard InChI is InChI=1S/C17H15Cl2N3O2S/c1-25(23)10-11-6-7-14(19)15(8-11)20-9-16-21-22-17(24-16)12-4-2-3-5-13(12)18/h2-8,20H,9-10H2,1H3. The zero-order valence-corrected chi connectivity index (χ0v) is 15.7. The second kappa shape index (κ2) is 7.99. The van der Waals surface area contributed by atoms with Crippen LogP contribution in [0.1, 0.15) is 11.5 Å². The van der Waals surface area contributed by atoms with Crippen LogP contribution in [0.15, 0.2) is 46.9 Å². The molecule has 0 aliphatic heterocycles. The van der Waals surface area contributed by atoms with Crippen molar-refractivity contribution in [2.24, 2.45) is 0 Å². The Morgan fingerprint density at radius 2 is 1.92 bits per heavy atom. The van der Waals surface area contributed by atoms with Gasteiger partial charge < -0.3 is 9.73 Å². The average molecular weight is 396 g/mol. The molecule has 2 aromatic carbocycles. The molecule has 0 aliphatic rings. The van der Waals surface area contributed by atoms with E-state index in [1.54, 1.807) is 18.4 Å². The molecule has 0 bridgehead atoms. The van der Waals surface area contributed by atoms with Crippen LogP contribution in [0.4, 0.5) is 5.69 Å². The summed E-state index contributed by atoms with van der Waals surface area (Å²) in [6.07, 6.45) is 1.66. The quantitative estimate of drug-likeness (QED) is 0.663. The largest absolute Gasteiger partial charge is 0.419 e. The highest BCUT2D eigenvalue weighted by atomic mass is 35.5. The van der Waals surface area contributed by atoms with Crippen molar-refractivity contribution >= 4 is 39.7 Å². The van der Waals surface area contributed by atoms with Gasteiger partial charge >= 0.3 is 0 Å². The Morgan fingerprint density at radius 1 is 1.12 bits per heavy atom. The molecular formula is C17H15Cl2N3O2S. The summed E-state index contributed by atoms with van der Waals surface area (Å²) < 4.78 is 17.0. The second-order valence-electron chi connectivity index (χ2n) is 5.37. The summed E-state index contributed by atoms with van der Waals surface area (Å²) in [4.78, 5) is 0. The molecule has 1 aromatic heterocycles. The van der Waals surface area contributed by atoms with Crippen molar-refractivity contribution in [3.05, 3.63) is 64.0 Å². The molecule has 1 N–H and O–H groups in total. The van der Waals surface area contributed by atoms with Crippen molar-refractivity contribution in [2.45, 2.75) is 12.3 Å². The van der Waals surface area contributed by atoms with Gasteiger partial charge in [-0.3, -0.25) is 4.21 Å². The Balaban J connectivity index is 1.72. The zero-order valence-electron chi connectivity index (χ0n) is 13.3. The fourth-order valence-electron chi connectivity index (χ4n) is 2.27. The van der Waals surface area contributed by atoms with Crippen molar-refractivity contribution in [1.82, 2.24) is 10.2 Å². The maximum absolute atomic E-state index is 11.4. The molecule has 3 aromatic rings. The molecule has 5 nitrogen and oxygen atoms in total. The van der Waals surface area contributed by atoms with Gasteiger partial charge in [-0.1, -0.05) is 41.4 Å². The monoisotopic (exact) mass is 395 g/mol. The van der Waals surface area contributed by atoms with E-state index in [2.05, 4.69) is 15.5 Å². The fourth-order valence-corrected chi connectivity index (χ4v) is 3.32. The first-order valence-electron chi connectivity index (χ1n) is 7.42. The lowest BCUT2D eigenvalue weighted by atomic mass is 10.2. The molecule has 1 unspecified atom stereocenters. The molecule has 0 fully saturated rings. The van der Waals surface area contributed by atoms with Crippen LogP contribution in [0, 0.1) is 0 Å². The second-order valence-corrected chi connectivity index (χ2v) is 7.62. The zero-order chi connectivity index (χ0) is 17.8. The number of anilines is 1.